The van der Waals surface area contributed by atoms with Crippen molar-refractivity contribution in [2.75, 3.05) is 7.11 Å². The third-order valence-corrected chi connectivity index (χ3v) is 3.91. The summed E-state index contributed by atoms with van der Waals surface area (Å²) in [6.45, 7) is 0. The van der Waals surface area contributed by atoms with Crippen LogP contribution in [0.25, 0.3) is 0 Å². The van der Waals surface area contributed by atoms with Gasteiger partial charge in [-0.15, -0.1) is 0 Å². The SMILES string of the molecule is COC(=O)C12CC3CC1C2C3=O. The van der Waals surface area contributed by atoms with Crippen molar-refractivity contribution in [1.82, 2.24) is 0 Å². The number of Topliss-reactive ketones (excluding diaryl/α,β-unsaturated/α-hetero) is 1. The quantitative estimate of drug-likeness (QED) is 0.529. The van der Waals surface area contributed by atoms with Gasteiger partial charge >= 0.3 is 5.97 Å². The number of hydrogen-bond acceptors (Lipinski definition) is 3. The molecule has 4 aliphatic carbocycles. The first kappa shape index (κ1) is 6.63. The lowest BCUT2D eigenvalue weighted by Crippen LogP contribution is -2.17. The van der Waals surface area contributed by atoms with Gasteiger partial charge in [-0.3, -0.25) is 9.59 Å². The summed E-state index contributed by atoms with van der Waals surface area (Å²) in [5.41, 5.74) is -0.337. The van der Waals surface area contributed by atoms with Gasteiger partial charge in [0, 0.05) is 11.8 Å². The molecule has 0 radical (unpaired) electrons. The van der Waals surface area contributed by atoms with Gasteiger partial charge in [-0.1, -0.05) is 0 Å². The third kappa shape index (κ3) is 0.416. The minimum Gasteiger partial charge on any atom is -0.469 e. The molecule has 12 heavy (non-hydrogen) atoms. The molecule has 0 N–H and O–H groups in total. The number of carbonyl (C=O) groups excluding carboxylic acids is 2. The molecule has 64 valence electrons. The van der Waals surface area contributed by atoms with Crippen LogP contribution in [0, 0.1) is 23.2 Å². The number of carbonyl (C=O) groups is 2. The van der Waals surface area contributed by atoms with Crippen LogP contribution in [0.4, 0.5) is 0 Å². The van der Waals surface area contributed by atoms with Gasteiger partial charge < -0.3 is 4.74 Å². The van der Waals surface area contributed by atoms with Crippen molar-refractivity contribution in [2.45, 2.75) is 12.8 Å². The van der Waals surface area contributed by atoms with Gasteiger partial charge in [0.25, 0.3) is 0 Å². The molecule has 3 heteroatoms. The van der Waals surface area contributed by atoms with E-state index in [1.807, 2.05) is 0 Å². The van der Waals surface area contributed by atoms with Crippen LogP contribution in [-0.2, 0) is 14.3 Å². The fourth-order valence-corrected chi connectivity index (χ4v) is 3.42. The van der Waals surface area contributed by atoms with Crippen LogP contribution in [0.3, 0.4) is 0 Å². The van der Waals surface area contributed by atoms with Gasteiger partial charge in [-0.05, 0) is 18.8 Å². The first-order chi connectivity index (χ1) is 5.71. The Labute approximate surface area is 70.1 Å². The zero-order chi connectivity index (χ0) is 8.51. The van der Waals surface area contributed by atoms with Crippen molar-refractivity contribution in [1.29, 1.82) is 0 Å². The van der Waals surface area contributed by atoms with Gasteiger partial charge in [0.1, 0.15) is 5.78 Å². The van der Waals surface area contributed by atoms with E-state index in [1.165, 1.54) is 7.11 Å². The summed E-state index contributed by atoms with van der Waals surface area (Å²) < 4.78 is 4.73. The van der Waals surface area contributed by atoms with E-state index in [0.29, 0.717) is 11.7 Å². The van der Waals surface area contributed by atoms with Gasteiger partial charge in [0.05, 0.1) is 12.5 Å². The maximum atomic E-state index is 11.4. The topological polar surface area (TPSA) is 43.4 Å². The molecule has 4 atom stereocenters. The van der Waals surface area contributed by atoms with E-state index in [1.54, 1.807) is 0 Å². The van der Waals surface area contributed by atoms with Gasteiger partial charge in [-0.2, -0.15) is 0 Å². The Morgan fingerprint density at radius 2 is 2.42 bits per heavy atom. The van der Waals surface area contributed by atoms with E-state index in [9.17, 15) is 9.59 Å². The van der Waals surface area contributed by atoms with Gasteiger partial charge in [0.15, 0.2) is 0 Å². The summed E-state index contributed by atoms with van der Waals surface area (Å²) in [4.78, 5) is 22.8. The monoisotopic (exact) mass is 166 g/mol. The fourth-order valence-electron chi connectivity index (χ4n) is 3.42. The Kier molecular flexibility index (Phi) is 0.875. The summed E-state index contributed by atoms with van der Waals surface area (Å²) in [6, 6.07) is 0. The molecule has 4 aliphatic rings. The molecule has 4 unspecified atom stereocenters. The maximum Gasteiger partial charge on any atom is 0.312 e. The smallest absolute Gasteiger partial charge is 0.312 e. The maximum absolute atomic E-state index is 11.4. The minimum absolute atomic E-state index is 0.0509. The largest absolute Gasteiger partial charge is 0.469 e. The molecule has 0 aliphatic heterocycles. The standard InChI is InChI=1S/C9H10O3/c1-12-8(11)9-3-4-2-5(9)6(9)7(4)10/h4-6H,2-3H2,1H3. The highest BCUT2D eigenvalue weighted by atomic mass is 16.5. The molecular weight excluding hydrogens is 156 g/mol. The summed E-state index contributed by atoms with van der Waals surface area (Å²) in [7, 11) is 1.41. The van der Waals surface area contributed by atoms with Crippen LogP contribution >= 0.6 is 0 Å². The molecule has 0 amide bonds. The van der Waals surface area contributed by atoms with Crippen molar-refractivity contribution < 1.29 is 14.3 Å². The lowest BCUT2D eigenvalue weighted by Gasteiger charge is -2.05. The third-order valence-electron chi connectivity index (χ3n) is 3.91. The number of rotatable bonds is 1. The highest BCUT2D eigenvalue weighted by Crippen LogP contribution is 2.77. The fraction of sp³-hybridized carbons (Fsp3) is 0.778. The van der Waals surface area contributed by atoms with Crippen molar-refractivity contribution in [3.05, 3.63) is 0 Å². The minimum atomic E-state index is -0.337. The second-order valence-corrected chi connectivity index (χ2v) is 4.16. The van der Waals surface area contributed by atoms with Crippen LogP contribution < -0.4 is 0 Å². The van der Waals surface area contributed by atoms with Crippen LogP contribution in [-0.4, -0.2) is 18.9 Å². The summed E-state index contributed by atoms with van der Waals surface area (Å²) >= 11 is 0. The Bertz CT molecular complexity index is 296. The predicted octanol–water partition coefficient (Wildman–Crippen LogP) is 0.384. The first-order valence-electron chi connectivity index (χ1n) is 4.34. The van der Waals surface area contributed by atoms with Crippen LogP contribution in [0.5, 0.6) is 0 Å². The molecule has 0 saturated heterocycles. The van der Waals surface area contributed by atoms with Crippen molar-refractivity contribution in [2.24, 2.45) is 23.2 Å². The molecule has 0 spiro atoms. The molecule has 4 bridgehead atoms. The van der Waals surface area contributed by atoms with E-state index in [0.717, 1.165) is 12.8 Å². The van der Waals surface area contributed by atoms with Crippen LogP contribution in [0.2, 0.25) is 0 Å². The first-order valence-corrected chi connectivity index (χ1v) is 4.34. The molecule has 0 aromatic heterocycles. The molecule has 4 fully saturated rings. The lowest BCUT2D eigenvalue weighted by atomic mass is 10.1. The highest BCUT2D eigenvalue weighted by molar-refractivity contribution is 6.03. The van der Waals surface area contributed by atoms with E-state index < -0.39 is 0 Å². The zero-order valence-corrected chi connectivity index (χ0v) is 6.87. The van der Waals surface area contributed by atoms with E-state index in [2.05, 4.69) is 0 Å². The van der Waals surface area contributed by atoms with E-state index >= 15 is 0 Å². The summed E-state index contributed by atoms with van der Waals surface area (Å²) in [5, 5.41) is 0. The van der Waals surface area contributed by atoms with Crippen LogP contribution in [0.1, 0.15) is 12.8 Å². The van der Waals surface area contributed by atoms with E-state index in [4.69, 9.17) is 4.74 Å². The lowest BCUT2D eigenvalue weighted by molar-refractivity contribution is -0.147. The van der Waals surface area contributed by atoms with Crippen LogP contribution in [0.15, 0.2) is 0 Å². The summed E-state index contributed by atoms with van der Waals surface area (Å²) in [6.07, 6.45) is 1.71. The Hall–Kier alpha value is -0.860. The van der Waals surface area contributed by atoms with E-state index in [-0.39, 0.29) is 23.2 Å². The average molecular weight is 166 g/mol. The molecule has 4 rings (SSSR count). The summed E-state index contributed by atoms with van der Waals surface area (Å²) in [5.74, 6) is 0.771. The molecular formula is C9H10O3. The van der Waals surface area contributed by atoms with Crippen molar-refractivity contribution in [3.63, 3.8) is 0 Å². The second kappa shape index (κ2) is 1.58. The molecule has 0 aromatic rings. The molecule has 0 aromatic carbocycles. The number of methoxy groups -OCH3 is 1. The van der Waals surface area contributed by atoms with Gasteiger partial charge in [0.2, 0.25) is 0 Å². The predicted molar refractivity (Wildman–Crippen MR) is 39.2 cm³/mol. The Morgan fingerprint density at radius 3 is 2.75 bits per heavy atom. The Balaban J connectivity index is 2.00. The molecule has 3 nitrogen and oxygen atoms in total. The second-order valence-electron chi connectivity index (χ2n) is 4.16. The van der Waals surface area contributed by atoms with Crippen molar-refractivity contribution in [3.8, 4) is 0 Å². The average Bonchev–Trinajstić information content (AvgIpc) is 2.44. The van der Waals surface area contributed by atoms with Crippen molar-refractivity contribution >= 4 is 11.8 Å². The molecule has 4 saturated carbocycles. The number of hydrogen-bond donors (Lipinski definition) is 0. The number of ether oxygens (including phenoxy) is 1. The normalized spacial score (nSPS) is 52.8. The zero-order valence-electron chi connectivity index (χ0n) is 6.87. The molecule has 0 heterocycles. The van der Waals surface area contributed by atoms with Gasteiger partial charge in [-0.25, -0.2) is 0 Å². The Morgan fingerprint density at radius 1 is 1.67 bits per heavy atom. The number of esters is 1. The number of ketones is 1. The highest BCUT2D eigenvalue weighted by Gasteiger charge is 2.83.